The van der Waals surface area contributed by atoms with Gasteiger partial charge in [-0.2, -0.15) is 0 Å². The van der Waals surface area contributed by atoms with Gasteiger partial charge in [-0.15, -0.1) is 0 Å². The Morgan fingerprint density at radius 1 is 1.14 bits per heavy atom. The van der Waals surface area contributed by atoms with Crippen molar-refractivity contribution in [1.29, 1.82) is 0 Å². The molecule has 1 heterocycles. The smallest absolute Gasteiger partial charge is 0.251 e. The maximum atomic E-state index is 12.8. The van der Waals surface area contributed by atoms with Gasteiger partial charge in [-0.3, -0.25) is 9.59 Å². The van der Waals surface area contributed by atoms with E-state index in [1.54, 1.807) is 0 Å². The summed E-state index contributed by atoms with van der Waals surface area (Å²) in [4.78, 5) is 27.1. The number of carbonyl (C=O) groups excluding carboxylic acids is 2. The van der Waals surface area contributed by atoms with Gasteiger partial charge in [-0.05, 0) is 63.3 Å². The standard InChI is InChI=1S/C23H28N2O3/c1-14-8-15(2)10-17(9-14)23(27)24-12-22(26)25(18-4-5-18)13-19-6-7-21(28-19)20-11-16(20)3/h6-10,16,18,20H,4-5,11-13H2,1-3H3,(H,24,27). The van der Waals surface area contributed by atoms with Gasteiger partial charge in [0.05, 0.1) is 13.1 Å². The van der Waals surface area contributed by atoms with Crippen LogP contribution in [-0.4, -0.2) is 29.3 Å². The van der Waals surface area contributed by atoms with Crippen LogP contribution in [0.5, 0.6) is 0 Å². The molecular formula is C23H28N2O3. The Labute approximate surface area is 166 Å². The van der Waals surface area contributed by atoms with Crippen LogP contribution in [-0.2, 0) is 11.3 Å². The topological polar surface area (TPSA) is 62.6 Å². The minimum absolute atomic E-state index is 0.00947. The van der Waals surface area contributed by atoms with E-state index in [2.05, 4.69) is 12.2 Å². The van der Waals surface area contributed by atoms with Gasteiger partial charge in [-0.25, -0.2) is 0 Å². The molecule has 2 aliphatic carbocycles. The van der Waals surface area contributed by atoms with E-state index in [9.17, 15) is 9.59 Å². The Hall–Kier alpha value is -2.56. The highest BCUT2D eigenvalue weighted by molar-refractivity contribution is 5.96. The predicted molar refractivity (Wildman–Crippen MR) is 107 cm³/mol. The lowest BCUT2D eigenvalue weighted by Crippen LogP contribution is -2.41. The van der Waals surface area contributed by atoms with Crippen molar-refractivity contribution in [2.75, 3.05) is 6.54 Å². The van der Waals surface area contributed by atoms with Gasteiger partial charge in [0.1, 0.15) is 11.5 Å². The fourth-order valence-electron chi connectivity index (χ4n) is 3.84. The zero-order valence-electron chi connectivity index (χ0n) is 16.8. The third-order valence-electron chi connectivity index (χ3n) is 5.68. The van der Waals surface area contributed by atoms with Gasteiger partial charge < -0.3 is 14.6 Å². The Kier molecular flexibility index (Phi) is 5.00. The van der Waals surface area contributed by atoms with Gasteiger partial charge in [0, 0.05) is 17.5 Å². The lowest BCUT2D eigenvalue weighted by atomic mass is 10.1. The minimum Gasteiger partial charge on any atom is -0.464 e. The quantitative estimate of drug-likeness (QED) is 0.791. The molecule has 2 aromatic rings. The predicted octanol–water partition coefficient (Wildman–Crippen LogP) is 3.94. The van der Waals surface area contributed by atoms with E-state index in [0.717, 1.165) is 35.5 Å². The monoisotopic (exact) mass is 380 g/mol. The van der Waals surface area contributed by atoms with E-state index in [1.807, 2.05) is 49.1 Å². The van der Waals surface area contributed by atoms with E-state index in [-0.39, 0.29) is 24.4 Å². The molecule has 4 rings (SSSR count). The number of benzene rings is 1. The summed E-state index contributed by atoms with van der Waals surface area (Å²) in [5, 5.41) is 2.78. The molecule has 0 saturated heterocycles. The highest BCUT2D eigenvalue weighted by Crippen LogP contribution is 2.47. The van der Waals surface area contributed by atoms with Gasteiger partial charge in [-0.1, -0.05) is 24.1 Å². The maximum Gasteiger partial charge on any atom is 0.251 e. The zero-order chi connectivity index (χ0) is 19.8. The van der Waals surface area contributed by atoms with Crippen molar-refractivity contribution in [1.82, 2.24) is 10.2 Å². The first-order valence-corrected chi connectivity index (χ1v) is 10.2. The largest absolute Gasteiger partial charge is 0.464 e. The highest BCUT2D eigenvalue weighted by atomic mass is 16.3. The fourth-order valence-corrected chi connectivity index (χ4v) is 3.84. The van der Waals surface area contributed by atoms with Crippen LogP contribution in [0.1, 0.15) is 65.1 Å². The summed E-state index contributed by atoms with van der Waals surface area (Å²) in [7, 11) is 0. The third kappa shape index (κ3) is 4.29. The number of hydrogen-bond acceptors (Lipinski definition) is 3. The molecular weight excluding hydrogens is 352 g/mol. The van der Waals surface area contributed by atoms with Gasteiger partial charge in [0.25, 0.3) is 5.91 Å². The Morgan fingerprint density at radius 2 is 1.82 bits per heavy atom. The van der Waals surface area contributed by atoms with Gasteiger partial charge in [0.15, 0.2) is 0 Å². The fraction of sp³-hybridized carbons (Fsp3) is 0.478. The van der Waals surface area contributed by atoms with E-state index in [1.165, 1.54) is 6.42 Å². The molecule has 5 nitrogen and oxygen atoms in total. The molecule has 5 heteroatoms. The number of furan rings is 1. The molecule has 2 atom stereocenters. The summed E-state index contributed by atoms with van der Waals surface area (Å²) >= 11 is 0. The van der Waals surface area contributed by atoms with Crippen LogP contribution >= 0.6 is 0 Å². The average molecular weight is 380 g/mol. The van der Waals surface area contributed by atoms with Crippen LogP contribution in [0, 0.1) is 19.8 Å². The van der Waals surface area contributed by atoms with Crippen molar-refractivity contribution in [3.05, 3.63) is 58.5 Å². The van der Waals surface area contributed by atoms with Crippen LogP contribution in [0.15, 0.2) is 34.7 Å². The number of amides is 2. The third-order valence-corrected chi connectivity index (χ3v) is 5.68. The molecule has 2 unspecified atom stereocenters. The molecule has 2 amide bonds. The molecule has 1 aromatic heterocycles. The number of nitrogens with zero attached hydrogens (tertiary/aromatic N) is 1. The summed E-state index contributed by atoms with van der Waals surface area (Å²) in [5.74, 6) is 2.83. The molecule has 0 bridgehead atoms. The first-order valence-electron chi connectivity index (χ1n) is 10.2. The summed E-state index contributed by atoms with van der Waals surface area (Å²) < 4.78 is 5.98. The maximum absolute atomic E-state index is 12.8. The normalized spacial score (nSPS) is 20.7. The van der Waals surface area contributed by atoms with Crippen LogP contribution in [0.3, 0.4) is 0 Å². The van der Waals surface area contributed by atoms with Gasteiger partial charge >= 0.3 is 0 Å². The lowest BCUT2D eigenvalue weighted by molar-refractivity contribution is -0.131. The van der Waals surface area contributed by atoms with Crippen molar-refractivity contribution >= 4 is 11.8 Å². The van der Waals surface area contributed by atoms with Crippen molar-refractivity contribution in [2.45, 2.75) is 58.5 Å². The highest BCUT2D eigenvalue weighted by Gasteiger charge is 2.37. The Bertz CT molecular complexity index is 877. The van der Waals surface area contributed by atoms with E-state index < -0.39 is 0 Å². The molecule has 0 radical (unpaired) electrons. The number of aryl methyl sites for hydroxylation is 2. The minimum atomic E-state index is -0.209. The SMILES string of the molecule is Cc1cc(C)cc(C(=O)NCC(=O)N(Cc2ccc(C3CC3C)o2)C2CC2)c1. The van der Waals surface area contributed by atoms with Crippen LogP contribution < -0.4 is 5.32 Å². The van der Waals surface area contributed by atoms with Crippen LogP contribution in [0.25, 0.3) is 0 Å². The molecule has 0 aliphatic heterocycles. The van der Waals surface area contributed by atoms with Crippen molar-refractivity contribution in [3.8, 4) is 0 Å². The van der Waals surface area contributed by atoms with Crippen LogP contribution in [0.2, 0.25) is 0 Å². The molecule has 2 saturated carbocycles. The summed E-state index contributed by atoms with van der Waals surface area (Å²) in [6.07, 6.45) is 3.22. The molecule has 2 fully saturated rings. The molecule has 1 aromatic carbocycles. The second kappa shape index (κ2) is 7.46. The molecule has 1 N–H and O–H groups in total. The Morgan fingerprint density at radius 3 is 2.43 bits per heavy atom. The zero-order valence-corrected chi connectivity index (χ0v) is 16.8. The van der Waals surface area contributed by atoms with Crippen molar-refractivity contribution in [2.24, 2.45) is 5.92 Å². The molecule has 28 heavy (non-hydrogen) atoms. The van der Waals surface area contributed by atoms with E-state index in [0.29, 0.717) is 23.9 Å². The summed E-state index contributed by atoms with van der Waals surface area (Å²) in [6, 6.07) is 10.00. The summed E-state index contributed by atoms with van der Waals surface area (Å²) in [5.41, 5.74) is 2.67. The second-order valence-corrected chi connectivity index (χ2v) is 8.44. The summed E-state index contributed by atoms with van der Waals surface area (Å²) in [6.45, 7) is 6.64. The molecule has 0 spiro atoms. The number of rotatable bonds is 7. The molecule has 148 valence electrons. The van der Waals surface area contributed by atoms with Crippen molar-refractivity contribution in [3.63, 3.8) is 0 Å². The lowest BCUT2D eigenvalue weighted by Gasteiger charge is -2.21. The number of nitrogens with one attached hydrogen (secondary N) is 1. The number of hydrogen-bond donors (Lipinski definition) is 1. The first-order chi connectivity index (χ1) is 13.4. The second-order valence-electron chi connectivity index (χ2n) is 8.44. The van der Waals surface area contributed by atoms with E-state index in [4.69, 9.17) is 4.42 Å². The van der Waals surface area contributed by atoms with E-state index >= 15 is 0 Å². The average Bonchev–Trinajstić information content (AvgIpc) is 3.56. The van der Waals surface area contributed by atoms with Crippen molar-refractivity contribution < 1.29 is 14.0 Å². The number of carbonyl (C=O) groups is 2. The van der Waals surface area contributed by atoms with Gasteiger partial charge in [0.2, 0.25) is 5.91 Å². The molecule has 2 aliphatic rings. The van der Waals surface area contributed by atoms with Crippen LogP contribution in [0.4, 0.5) is 0 Å². The Balaban J connectivity index is 1.36. The first kappa shape index (κ1) is 18.8.